The van der Waals surface area contributed by atoms with Crippen LogP contribution in [0.2, 0.25) is 0 Å². The van der Waals surface area contributed by atoms with Gasteiger partial charge in [0.25, 0.3) is 0 Å². The van der Waals surface area contributed by atoms with E-state index in [1.54, 1.807) is 0 Å². The molecule has 0 aliphatic rings. The molecule has 0 aromatic heterocycles. The van der Waals surface area contributed by atoms with Gasteiger partial charge in [-0.1, -0.05) is 18.2 Å². The number of alkyl halides is 6. The van der Waals surface area contributed by atoms with E-state index in [0.717, 1.165) is 18.2 Å². The van der Waals surface area contributed by atoms with Crippen LogP contribution in [-0.2, 0) is 6.18 Å². The molecule has 0 unspecified atom stereocenters. The molecule has 0 spiro atoms. The highest BCUT2D eigenvalue weighted by molar-refractivity contribution is 5.79. The summed E-state index contributed by atoms with van der Waals surface area (Å²) in [7, 11) is 0. The first-order chi connectivity index (χ1) is 10.6. The normalized spacial score (nSPS) is 12.3. The number of hydrogen-bond donors (Lipinski definition) is 1. The molecule has 0 aliphatic carbocycles. The maximum absolute atomic E-state index is 13.0. The second-order valence-electron chi connectivity index (χ2n) is 4.70. The maximum Gasteiger partial charge on any atom is 0.422 e. The Kier molecular flexibility index (Phi) is 4.44. The lowest BCUT2D eigenvalue weighted by Gasteiger charge is -2.15. The summed E-state index contributed by atoms with van der Waals surface area (Å²) >= 11 is 0. The van der Waals surface area contributed by atoms with Crippen LogP contribution in [-0.4, -0.2) is 12.8 Å². The molecule has 8 heteroatoms. The Morgan fingerprint density at radius 1 is 0.870 bits per heavy atom. The third-order valence-corrected chi connectivity index (χ3v) is 2.95. The van der Waals surface area contributed by atoms with Crippen molar-refractivity contribution in [2.75, 3.05) is 12.3 Å². The van der Waals surface area contributed by atoms with Gasteiger partial charge in [0.2, 0.25) is 0 Å². The predicted octanol–water partition coefficient (Wildman–Crippen LogP) is 4.90. The van der Waals surface area contributed by atoms with Gasteiger partial charge in [0, 0.05) is 17.3 Å². The lowest BCUT2D eigenvalue weighted by molar-refractivity contribution is -0.153. The van der Waals surface area contributed by atoms with Crippen molar-refractivity contribution < 1.29 is 31.1 Å². The van der Waals surface area contributed by atoms with Crippen molar-refractivity contribution in [3.05, 3.63) is 48.0 Å². The van der Waals surface area contributed by atoms with Crippen LogP contribution in [0.15, 0.2) is 42.5 Å². The van der Waals surface area contributed by atoms with Crippen LogP contribution in [0.25, 0.3) is 11.1 Å². The van der Waals surface area contributed by atoms with Gasteiger partial charge in [0.15, 0.2) is 6.61 Å². The molecule has 0 fully saturated rings. The third kappa shape index (κ3) is 4.30. The fourth-order valence-electron chi connectivity index (χ4n) is 2.01. The first kappa shape index (κ1) is 17.0. The quantitative estimate of drug-likeness (QED) is 0.640. The monoisotopic (exact) mass is 335 g/mol. The lowest BCUT2D eigenvalue weighted by Crippen LogP contribution is -2.19. The molecule has 124 valence electrons. The van der Waals surface area contributed by atoms with E-state index in [1.807, 2.05) is 0 Å². The van der Waals surface area contributed by atoms with Crippen molar-refractivity contribution in [3.63, 3.8) is 0 Å². The van der Waals surface area contributed by atoms with E-state index >= 15 is 0 Å². The van der Waals surface area contributed by atoms with Gasteiger partial charge in [-0.3, -0.25) is 0 Å². The molecule has 0 aliphatic heterocycles. The topological polar surface area (TPSA) is 35.2 Å². The van der Waals surface area contributed by atoms with Crippen molar-refractivity contribution in [1.82, 2.24) is 0 Å². The third-order valence-electron chi connectivity index (χ3n) is 2.95. The maximum atomic E-state index is 13.0. The van der Waals surface area contributed by atoms with Gasteiger partial charge in [0.05, 0.1) is 5.56 Å². The molecular formula is C15H11F6NO. The summed E-state index contributed by atoms with van der Waals surface area (Å²) in [4.78, 5) is 0. The second-order valence-corrected chi connectivity index (χ2v) is 4.70. The Morgan fingerprint density at radius 3 is 2.09 bits per heavy atom. The SMILES string of the molecule is Nc1cc(OCC(F)(F)F)ccc1-c1ccccc1C(F)(F)F. The van der Waals surface area contributed by atoms with Crippen LogP contribution < -0.4 is 10.5 Å². The van der Waals surface area contributed by atoms with Crippen LogP contribution >= 0.6 is 0 Å². The summed E-state index contributed by atoms with van der Waals surface area (Å²) in [5.74, 6) is -0.173. The number of ether oxygens (including phenoxy) is 1. The Balaban J connectivity index is 2.36. The minimum absolute atomic E-state index is 0.0669. The fourth-order valence-corrected chi connectivity index (χ4v) is 2.01. The van der Waals surface area contributed by atoms with Crippen LogP contribution in [0.4, 0.5) is 32.0 Å². The van der Waals surface area contributed by atoms with Crippen LogP contribution in [0.5, 0.6) is 5.75 Å². The molecule has 0 saturated carbocycles. The lowest BCUT2D eigenvalue weighted by atomic mass is 9.98. The standard InChI is InChI=1S/C15H11F6NO/c16-14(17,18)8-23-9-5-6-11(13(22)7-9)10-3-1-2-4-12(10)15(19,20)21/h1-7H,8,22H2. The highest BCUT2D eigenvalue weighted by atomic mass is 19.4. The molecule has 0 heterocycles. The van der Waals surface area contributed by atoms with E-state index in [9.17, 15) is 26.3 Å². The highest BCUT2D eigenvalue weighted by Crippen LogP contribution is 2.39. The van der Waals surface area contributed by atoms with Crippen molar-refractivity contribution in [1.29, 1.82) is 0 Å². The molecule has 2 N–H and O–H groups in total. The number of benzene rings is 2. The smallest absolute Gasteiger partial charge is 0.422 e. The zero-order valence-electron chi connectivity index (χ0n) is 11.5. The Bertz CT molecular complexity index is 693. The molecular weight excluding hydrogens is 324 g/mol. The molecule has 2 aromatic carbocycles. The van der Waals surface area contributed by atoms with E-state index in [1.165, 1.54) is 24.3 Å². The minimum atomic E-state index is -4.57. The van der Waals surface area contributed by atoms with Crippen molar-refractivity contribution in [2.45, 2.75) is 12.4 Å². The molecule has 2 nitrogen and oxygen atoms in total. The van der Waals surface area contributed by atoms with Gasteiger partial charge in [-0.15, -0.1) is 0 Å². The number of nitrogen functional groups attached to an aromatic ring is 1. The van der Waals surface area contributed by atoms with Gasteiger partial charge in [0.1, 0.15) is 5.75 Å². The van der Waals surface area contributed by atoms with Gasteiger partial charge in [-0.05, 0) is 23.8 Å². The fraction of sp³-hybridized carbons (Fsp3) is 0.200. The largest absolute Gasteiger partial charge is 0.484 e. The molecule has 23 heavy (non-hydrogen) atoms. The Labute approximate surface area is 127 Å². The molecule has 0 amide bonds. The Morgan fingerprint density at radius 2 is 1.52 bits per heavy atom. The molecule has 2 rings (SSSR count). The zero-order chi connectivity index (χ0) is 17.3. The zero-order valence-corrected chi connectivity index (χ0v) is 11.5. The number of hydrogen-bond acceptors (Lipinski definition) is 2. The highest BCUT2D eigenvalue weighted by Gasteiger charge is 2.33. The van der Waals surface area contributed by atoms with Crippen LogP contribution in [0.1, 0.15) is 5.56 Å². The van der Waals surface area contributed by atoms with Crippen LogP contribution in [0, 0.1) is 0 Å². The average molecular weight is 335 g/mol. The van der Waals surface area contributed by atoms with E-state index < -0.39 is 24.5 Å². The first-order valence-corrected chi connectivity index (χ1v) is 6.33. The number of nitrogens with two attached hydrogens (primary N) is 1. The van der Waals surface area contributed by atoms with E-state index in [4.69, 9.17) is 5.73 Å². The number of anilines is 1. The molecule has 0 bridgehead atoms. The summed E-state index contributed by atoms with van der Waals surface area (Å²) < 4.78 is 79.8. The number of rotatable bonds is 3. The summed E-state index contributed by atoms with van der Waals surface area (Å²) in [5.41, 5.74) is 4.60. The average Bonchev–Trinajstić information content (AvgIpc) is 2.43. The summed E-state index contributed by atoms with van der Waals surface area (Å²) in [6.45, 7) is -1.51. The van der Waals surface area contributed by atoms with Gasteiger partial charge < -0.3 is 10.5 Å². The molecule has 0 atom stereocenters. The summed E-state index contributed by atoms with van der Waals surface area (Å²) in [6, 6.07) is 8.21. The predicted molar refractivity (Wildman–Crippen MR) is 72.8 cm³/mol. The summed E-state index contributed by atoms with van der Waals surface area (Å²) in [6.07, 6.45) is -9.09. The second kappa shape index (κ2) is 6.02. The first-order valence-electron chi connectivity index (χ1n) is 6.33. The van der Waals surface area contributed by atoms with E-state index in [2.05, 4.69) is 4.74 Å². The van der Waals surface area contributed by atoms with Crippen molar-refractivity contribution in [2.24, 2.45) is 0 Å². The minimum Gasteiger partial charge on any atom is -0.484 e. The Hall–Kier alpha value is -2.38. The van der Waals surface area contributed by atoms with E-state index in [0.29, 0.717) is 0 Å². The molecule has 0 radical (unpaired) electrons. The van der Waals surface area contributed by atoms with Crippen molar-refractivity contribution in [3.8, 4) is 16.9 Å². The van der Waals surface area contributed by atoms with Crippen molar-refractivity contribution >= 4 is 5.69 Å². The molecule has 0 saturated heterocycles. The van der Waals surface area contributed by atoms with E-state index in [-0.39, 0.29) is 22.6 Å². The number of halogens is 6. The van der Waals surface area contributed by atoms with Crippen LogP contribution in [0.3, 0.4) is 0 Å². The molecule has 2 aromatic rings. The van der Waals surface area contributed by atoms with Gasteiger partial charge in [-0.2, -0.15) is 26.3 Å². The van der Waals surface area contributed by atoms with Gasteiger partial charge >= 0.3 is 12.4 Å². The van der Waals surface area contributed by atoms with Gasteiger partial charge in [-0.25, -0.2) is 0 Å². The summed E-state index contributed by atoms with van der Waals surface area (Å²) in [5, 5.41) is 0.